The number of hydrogen-bond donors (Lipinski definition) is 0. The standard InChI is InChI=1S/C12H7F2NO/c13-10-5-2-4-9(12(10)14)11-6-1-3-8(7-16)15-11/h1-7H. The van der Waals surface area contributed by atoms with Gasteiger partial charge in [0.1, 0.15) is 5.69 Å². The van der Waals surface area contributed by atoms with Crippen LogP contribution in [0.1, 0.15) is 10.5 Å². The lowest BCUT2D eigenvalue weighted by Gasteiger charge is -2.03. The molecule has 0 radical (unpaired) electrons. The molecule has 0 N–H and O–H groups in total. The van der Waals surface area contributed by atoms with Gasteiger partial charge in [-0.05, 0) is 24.3 Å². The molecule has 1 aromatic carbocycles. The van der Waals surface area contributed by atoms with Gasteiger partial charge >= 0.3 is 0 Å². The zero-order chi connectivity index (χ0) is 11.5. The molecule has 0 spiro atoms. The lowest BCUT2D eigenvalue weighted by atomic mass is 10.1. The Morgan fingerprint density at radius 2 is 1.81 bits per heavy atom. The van der Waals surface area contributed by atoms with Crippen LogP contribution in [0.3, 0.4) is 0 Å². The molecule has 4 heteroatoms. The quantitative estimate of drug-likeness (QED) is 0.727. The van der Waals surface area contributed by atoms with Crippen molar-refractivity contribution in [3.63, 3.8) is 0 Å². The van der Waals surface area contributed by atoms with E-state index in [4.69, 9.17) is 0 Å². The Bertz CT molecular complexity index is 540. The Labute approximate surface area is 90.6 Å². The highest BCUT2D eigenvalue weighted by Crippen LogP contribution is 2.22. The minimum atomic E-state index is -0.960. The van der Waals surface area contributed by atoms with Gasteiger partial charge in [-0.15, -0.1) is 0 Å². The Kier molecular flexibility index (Phi) is 2.72. The number of pyridine rings is 1. The van der Waals surface area contributed by atoms with Gasteiger partial charge in [-0.3, -0.25) is 4.79 Å². The van der Waals surface area contributed by atoms with Crippen molar-refractivity contribution in [3.05, 3.63) is 53.7 Å². The number of halogens is 2. The van der Waals surface area contributed by atoms with E-state index in [0.29, 0.717) is 6.29 Å². The molecule has 0 saturated heterocycles. The summed E-state index contributed by atoms with van der Waals surface area (Å²) in [5.41, 5.74) is 0.464. The predicted octanol–water partition coefficient (Wildman–Crippen LogP) is 2.84. The molecule has 2 rings (SSSR count). The van der Waals surface area contributed by atoms with Crippen LogP contribution in [0.25, 0.3) is 11.3 Å². The van der Waals surface area contributed by atoms with Crippen LogP contribution in [0, 0.1) is 11.6 Å². The maximum Gasteiger partial charge on any atom is 0.168 e. The van der Waals surface area contributed by atoms with E-state index in [2.05, 4.69) is 4.98 Å². The summed E-state index contributed by atoms with van der Waals surface area (Å²) in [6.07, 6.45) is 0.556. The predicted molar refractivity (Wildman–Crippen MR) is 55.0 cm³/mol. The van der Waals surface area contributed by atoms with Gasteiger partial charge in [-0.1, -0.05) is 12.1 Å². The van der Waals surface area contributed by atoms with E-state index in [9.17, 15) is 13.6 Å². The summed E-state index contributed by atoms with van der Waals surface area (Å²) < 4.78 is 26.4. The van der Waals surface area contributed by atoms with Crippen LogP contribution < -0.4 is 0 Å². The van der Waals surface area contributed by atoms with Gasteiger partial charge in [0.2, 0.25) is 0 Å². The van der Waals surface area contributed by atoms with E-state index in [0.717, 1.165) is 6.07 Å². The highest BCUT2D eigenvalue weighted by molar-refractivity contribution is 5.73. The van der Waals surface area contributed by atoms with Gasteiger partial charge in [-0.2, -0.15) is 0 Å². The summed E-state index contributed by atoms with van der Waals surface area (Å²) in [5, 5.41) is 0. The molecule has 0 fully saturated rings. The highest BCUT2D eigenvalue weighted by Gasteiger charge is 2.10. The zero-order valence-electron chi connectivity index (χ0n) is 8.15. The van der Waals surface area contributed by atoms with Gasteiger partial charge in [-0.25, -0.2) is 13.8 Å². The first-order chi connectivity index (χ1) is 7.72. The Balaban J connectivity index is 2.58. The molecule has 0 aliphatic rings. The first kappa shape index (κ1) is 10.4. The maximum atomic E-state index is 13.4. The van der Waals surface area contributed by atoms with Crippen molar-refractivity contribution in [2.45, 2.75) is 0 Å². The third kappa shape index (κ3) is 1.82. The molecule has 0 atom stereocenters. The molecule has 1 heterocycles. The van der Waals surface area contributed by atoms with Crippen molar-refractivity contribution in [1.82, 2.24) is 4.98 Å². The van der Waals surface area contributed by atoms with E-state index in [1.165, 1.54) is 24.3 Å². The fourth-order valence-corrected chi connectivity index (χ4v) is 1.37. The molecular formula is C12H7F2NO. The lowest BCUT2D eigenvalue weighted by Crippen LogP contribution is -1.94. The summed E-state index contributed by atoms with van der Waals surface area (Å²) >= 11 is 0. The topological polar surface area (TPSA) is 30.0 Å². The van der Waals surface area contributed by atoms with E-state index >= 15 is 0 Å². The van der Waals surface area contributed by atoms with Gasteiger partial charge < -0.3 is 0 Å². The summed E-state index contributed by atoms with van der Waals surface area (Å²) in [6.45, 7) is 0. The summed E-state index contributed by atoms with van der Waals surface area (Å²) in [6, 6.07) is 8.41. The lowest BCUT2D eigenvalue weighted by molar-refractivity contribution is 0.111. The Hall–Kier alpha value is -2.10. The monoisotopic (exact) mass is 219 g/mol. The van der Waals surface area contributed by atoms with Crippen molar-refractivity contribution in [3.8, 4) is 11.3 Å². The Morgan fingerprint density at radius 3 is 2.56 bits per heavy atom. The van der Waals surface area contributed by atoms with Gasteiger partial charge in [0, 0.05) is 5.56 Å². The fraction of sp³-hybridized carbons (Fsp3) is 0. The first-order valence-corrected chi connectivity index (χ1v) is 4.59. The number of hydrogen-bond acceptors (Lipinski definition) is 2. The minimum Gasteiger partial charge on any atom is -0.296 e. The molecule has 0 aliphatic heterocycles. The summed E-state index contributed by atoms with van der Waals surface area (Å²) in [5.74, 6) is -1.89. The number of carbonyl (C=O) groups is 1. The fourth-order valence-electron chi connectivity index (χ4n) is 1.37. The molecule has 80 valence electrons. The van der Waals surface area contributed by atoms with Crippen LogP contribution in [0.2, 0.25) is 0 Å². The van der Waals surface area contributed by atoms with Crippen LogP contribution >= 0.6 is 0 Å². The number of aldehydes is 1. The highest BCUT2D eigenvalue weighted by atomic mass is 19.2. The van der Waals surface area contributed by atoms with Crippen LogP contribution in [-0.2, 0) is 0 Å². The van der Waals surface area contributed by atoms with Crippen LogP contribution in [0.4, 0.5) is 8.78 Å². The number of nitrogens with zero attached hydrogens (tertiary/aromatic N) is 1. The van der Waals surface area contributed by atoms with E-state index in [1.54, 1.807) is 6.07 Å². The number of rotatable bonds is 2. The third-order valence-electron chi connectivity index (χ3n) is 2.12. The molecule has 2 aromatic rings. The first-order valence-electron chi connectivity index (χ1n) is 4.59. The minimum absolute atomic E-state index is 0.0451. The molecule has 0 saturated carbocycles. The Morgan fingerprint density at radius 1 is 1.06 bits per heavy atom. The van der Waals surface area contributed by atoms with Crippen LogP contribution in [0.5, 0.6) is 0 Å². The SMILES string of the molecule is O=Cc1cccc(-c2cccc(F)c2F)n1. The molecule has 0 aliphatic carbocycles. The second-order valence-electron chi connectivity index (χ2n) is 3.17. The van der Waals surface area contributed by atoms with E-state index < -0.39 is 11.6 Å². The van der Waals surface area contributed by atoms with Crippen LogP contribution in [-0.4, -0.2) is 11.3 Å². The average molecular weight is 219 g/mol. The summed E-state index contributed by atoms with van der Waals surface area (Å²) in [4.78, 5) is 14.4. The second-order valence-corrected chi connectivity index (χ2v) is 3.17. The van der Waals surface area contributed by atoms with Crippen molar-refractivity contribution in [2.75, 3.05) is 0 Å². The molecule has 0 bridgehead atoms. The number of benzene rings is 1. The smallest absolute Gasteiger partial charge is 0.168 e. The molecule has 0 amide bonds. The van der Waals surface area contributed by atoms with Crippen molar-refractivity contribution >= 4 is 6.29 Å². The number of aromatic nitrogens is 1. The third-order valence-corrected chi connectivity index (χ3v) is 2.12. The van der Waals surface area contributed by atoms with Gasteiger partial charge in [0.05, 0.1) is 5.69 Å². The normalized spacial score (nSPS) is 10.1. The van der Waals surface area contributed by atoms with Crippen molar-refractivity contribution in [2.24, 2.45) is 0 Å². The largest absolute Gasteiger partial charge is 0.296 e. The van der Waals surface area contributed by atoms with Crippen LogP contribution in [0.15, 0.2) is 36.4 Å². The van der Waals surface area contributed by atoms with Gasteiger partial charge in [0.25, 0.3) is 0 Å². The van der Waals surface area contributed by atoms with Crippen molar-refractivity contribution < 1.29 is 13.6 Å². The average Bonchev–Trinajstić information content (AvgIpc) is 2.33. The maximum absolute atomic E-state index is 13.4. The zero-order valence-corrected chi connectivity index (χ0v) is 8.15. The molecule has 2 nitrogen and oxygen atoms in total. The van der Waals surface area contributed by atoms with E-state index in [1.807, 2.05) is 0 Å². The van der Waals surface area contributed by atoms with E-state index in [-0.39, 0.29) is 17.0 Å². The molecule has 0 unspecified atom stereocenters. The molecule has 16 heavy (non-hydrogen) atoms. The second kappa shape index (κ2) is 4.18. The molecular weight excluding hydrogens is 212 g/mol. The summed E-state index contributed by atoms with van der Waals surface area (Å²) in [7, 11) is 0. The number of carbonyl (C=O) groups excluding carboxylic acids is 1. The van der Waals surface area contributed by atoms with Crippen molar-refractivity contribution in [1.29, 1.82) is 0 Å². The van der Waals surface area contributed by atoms with Gasteiger partial charge in [0.15, 0.2) is 17.9 Å². The molecule has 1 aromatic heterocycles.